The van der Waals surface area contributed by atoms with Gasteiger partial charge >= 0.3 is 0 Å². The van der Waals surface area contributed by atoms with Crippen molar-refractivity contribution in [3.05, 3.63) is 87.9 Å². The first kappa shape index (κ1) is 18.8. The second-order valence-electron chi connectivity index (χ2n) is 7.83. The lowest BCUT2D eigenvalue weighted by molar-refractivity contribution is 0.305. The summed E-state index contributed by atoms with van der Waals surface area (Å²) in [6.45, 7) is 4.50. The minimum Gasteiger partial charge on any atom is -0.360 e. The number of nitrogens with one attached hydrogen (secondary N) is 1. The molecule has 1 aliphatic rings. The van der Waals surface area contributed by atoms with Crippen molar-refractivity contribution in [2.75, 3.05) is 19.6 Å². The number of benzene rings is 1. The van der Waals surface area contributed by atoms with Gasteiger partial charge in [0.15, 0.2) is 0 Å². The number of H-pyrrole nitrogens is 1. The Hall–Kier alpha value is -3.25. The molecule has 152 valence electrons. The summed E-state index contributed by atoms with van der Waals surface area (Å²) < 4.78 is 15.1. The number of rotatable bonds is 4. The second-order valence-corrected chi connectivity index (χ2v) is 7.83. The molecule has 0 fully saturated rings. The lowest BCUT2D eigenvalue weighted by Gasteiger charge is -2.26. The van der Waals surface area contributed by atoms with Crippen LogP contribution in [-0.4, -0.2) is 38.9 Å². The number of aryl methyl sites for hydroxylation is 1. The van der Waals surface area contributed by atoms with Crippen molar-refractivity contribution in [2.45, 2.75) is 19.8 Å². The zero-order valence-electron chi connectivity index (χ0n) is 16.9. The van der Waals surface area contributed by atoms with Gasteiger partial charge in [-0.25, -0.2) is 9.37 Å². The van der Waals surface area contributed by atoms with Crippen molar-refractivity contribution < 1.29 is 4.39 Å². The first-order valence-corrected chi connectivity index (χ1v) is 10.3. The highest BCUT2D eigenvalue weighted by Gasteiger charge is 2.17. The van der Waals surface area contributed by atoms with Crippen molar-refractivity contribution in [1.29, 1.82) is 0 Å². The van der Waals surface area contributed by atoms with Gasteiger partial charge in [0.05, 0.1) is 0 Å². The van der Waals surface area contributed by atoms with E-state index < -0.39 is 0 Å². The van der Waals surface area contributed by atoms with Crippen LogP contribution in [0.1, 0.15) is 23.2 Å². The number of fused-ring (bicyclic) bond motifs is 2. The fourth-order valence-electron chi connectivity index (χ4n) is 4.32. The summed E-state index contributed by atoms with van der Waals surface area (Å²) in [7, 11) is 0. The van der Waals surface area contributed by atoms with Crippen LogP contribution in [0.3, 0.4) is 0 Å². The van der Waals surface area contributed by atoms with Crippen LogP contribution in [0, 0.1) is 12.7 Å². The highest BCUT2D eigenvalue weighted by atomic mass is 19.1. The molecule has 4 heterocycles. The summed E-state index contributed by atoms with van der Waals surface area (Å²) in [6, 6.07) is 10.5. The molecule has 1 aromatic carbocycles. The molecule has 30 heavy (non-hydrogen) atoms. The van der Waals surface area contributed by atoms with Gasteiger partial charge in [-0.2, -0.15) is 0 Å². The fourth-order valence-corrected chi connectivity index (χ4v) is 4.32. The topological polar surface area (TPSA) is 53.4 Å². The van der Waals surface area contributed by atoms with Crippen molar-refractivity contribution in [2.24, 2.45) is 0 Å². The Labute approximate surface area is 173 Å². The molecule has 4 aromatic rings. The quantitative estimate of drug-likeness (QED) is 0.562. The molecule has 1 N–H and O–H groups in total. The van der Waals surface area contributed by atoms with E-state index in [2.05, 4.69) is 20.9 Å². The van der Waals surface area contributed by atoms with Crippen LogP contribution in [-0.2, 0) is 6.42 Å². The largest absolute Gasteiger partial charge is 0.360 e. The molecule has 0 spiro atoms. The minimum absolute atomic E-state index is 0.0253. The van der Waals surface area contributed by atoms with Gasteiger partial charge in [-0.15, -0.1) is 0 Å². The molecule has 0 unspecified atom stereocenters. The summed E-state index contributed by atoms with van der Waals surface area (Å²) in [5.74, 6) is -0.228. The normalized spacial score (nSPS) is 15.1. The van der Waals surface area contributed by atoms with Crippen molar-refractivity contribution >= 4 is 22.1 Å². The third-order valence-electron chi connectivity index (χ3n) is 6.00. The third-order valence-corrected chi connectivity index (χ3v) is 6.00. The Bertz CT molecular complexity index is 1330. The van der Waals surface area contributed by atoms with Crippen LogP contribution in [0.4, 0.5) is 4.39 Å². The third kappa shape index (κ3) is 3.33. The first-order valence-electron chi connectivity index (χ1n) is 10.3. The predicted molar refractivity (Wildman–Crippen MR) is 117 cm³/mol. The maximum Gasteiger partial charge on any atom is 0.261 e. The number of nitrogens with zero attached hydrogens (tertiary/aromatic N) is 3. The lowest BCUT2D eigenvalue weighted by Crippen LogP contribution is -2.32. The number of hydrogen-bond acceptors (Lipinski definition) is 3. The van der Waals surface area contributed by atoms with Gasteiger partial charge in [0.2, 0.25) is 0 Å². The van der Waals surface area contributed by atoms with E-state index in [0.29, 0.717) is 12.1 Å². The molecule has 0 bridgehead atoms. The molecule has 0 radical (unpaired) electrons. The Morgan fingerprint density at radius 3 is 2.97 bits per heavy atom. The summed E-state index contributed by atoms with van der Waals surface area (Å²) in [4.78, 5) is 23.0. The Kier molecular flexibility index (Phi) is 4.71. The van der Waals surface area contributed by atoms with Crippen molar-refractivity contribution in [1.82, 2.24) is 19.3 Å². The van der Waals surface area contributed by atoms with Gasteiger partial charge in [-0.05, 0) is 55.7 Å². The van der Waals surface area contributed by atoms with E-state index in [-0.39, 0.29) is 11.4 Å². The second kappa shape index (κ2) is 7.54. The maximum atomic E-state index is 13.4. The van der Waals surface area contributed by atoms with Gasteiger partial charge in [0.25, 0.3) is 5.56 Å². The molecule has 5 nitrogen and oxygen atoms in total. The number of pyridine rings is 1. The molecule has 0 saturated carbocycles. The van der Waals surface area contributed by atoms with E-state index in [1.54, 1.807) is 10.6 Å². The molecular formula is C24H23FN4O. The van der Waals surface area contributed by atoms with Gasteiger partial charge in [0.1, 0.15) is 11.5 Å². The van der Waals surface area contributed by atoms with Gasteiger partial charge in [-0.3, -0.25) is 14.1 Å². The zero-order chi connectivity index (χ0) is 20.7. The van der Waals surface area contributed by atoms with Crippen LogP contribution in [0.2, 0.25) is 0 Å². The molecule has 1 aliphatic heterocycles. The molecule has 0 atom stereocenters. The molecule has 0 amide bonds. The molecule has 5 rings (SSSR count). The summed E-state index contributed by atoms with van der Waals surface area (Å²) in [5.41, 5.74) is 5.57. The van der Waals surface area contributed by atoms with Gasteiger partial charge in [-0.1, -0.05) is 12.1 Å². The highest BCUT2D eigenvalue weighted by molar-refractivity contribution is 5.92. The summed E-state index contributed by atoms with van der Waals surface area (Å²) >= 11 is 0. The van der Waals surface area contributed by atoms with E-state index in [1.165, 1.54) is 17.7 Å². The summed E-state index contributed by atoms with van der Waals surface area (Å²) in [6.07, 6.45) is 7.60. The fraction of sp³-hybridized carbons (Fsp3) is 0.250. The molecule has 3 aromatic heterocycles. The smallest absolute Gasteiger partial charge is 0.261 e. The number of aromatic amines is 1. The Morgan fingerprint density at radius 2 is 2.13 bits per heavy atom. The van der Waals surface area contributed by atoms with Crippen LogP contribution in [0.15, 0.2) is 59.7 Å². The number of halogens is 1. The highest BCUT2D eigenvalue weighted by Crippen LogP contribution is 2.29. The molecule has 0 saturated heterocycles. The first-order chi connectivity index (χ1) is 14.6. The predicted octanol–water partition coefficient (Wildman–Crippen LogP) is 3.96. The van der Waals surface area contributed by atoms with E-state index in [4.69, 9.17) is 0 Å². The van der Waals surface area contributed by atoms with Crippen LogP contribution in [0.25, 0.3) is 22.1 Å². The molecule has 6 heteroatoms. The lowest BCUT2D eigenvalue weighted by atomic mass is 9.98. The van der Waals surface area contributed by atoms with E-state index in [0.717, 1.165) is 53.8 Å². The van der Waals surface area contributed by atoms with Crippen molar-refractivity contribution in [3.8, 4) is 0 Å². The van der Waals surface area contributed by atoms with E-state index in [1.807, 2.05) is 37.4 Å². The maximum absolute atomic E-state index is 13.4. The van der Waals surface area contributed by atoms with E-state index >= 15 is 0 Å². The van der Waals surface area contributed by atoms with Crippen molar-refractivity contribution in [3.63, 3.8) is 0 Å². The van der Waals surface area contributed by atoms with E-state index in [9.17, 15) is 9.18 Å². The SMILES string of the molecule is Cc1nc2ccccn2c(=O)c1CCN1CC=C(c2c[nH]c3cc(F)ccc23)CC1. The number of aromatic nitrogens is 3. The Balaban J connectivity index is 1.31. The summed E-state index contributed by atoms with van der Waals surface area (Å²) in [5, 5.41) is 1.06. The average Bonchev–Trinajstić information content (AvgIpc) is 3.17. The van der Waals surface area contributed by atoms with Gasteiger partial charge in [0, 0.05) is 59.8 Å². The minimum atomic E-state index is -0.228. The molecule has 0 aliphatic carbocycles. The zero-order valence-corrected chi connectivity index (χ0v) is 16.9. The molecular weight excluding hydrogens is 379 g/mol. The monoisotopic (exact) mass is 402 g/mol. The average molecular weight is 402 g/mol. The van der Waals surface area contributed by atoms with Gasteiger partial charge < -0.3 is 4.98 Å². The standard InChI is InChI=1S/C24H23FN4O/c1-16-19(24(30)29-10-3-2-4-23(29)27-16)9-13-28-11-7-17(8-12-28)21-15-26-22-14-18(25)5-6-20(21)22/h2-7,10,14-15,26H,8-9,11-13H2,1H3. The van der Waals surface area contributed by atoms with Crippen LogP contribution < -0.4 is 5.56 Å². The van der Waals surface area contributed by atoms with Crippen LogP contribution in [0.5, 0.6) is 0 Å². The van der Waals surface area contributed by atoms with Crippen LogP contribution >= 0.6 is 0 Å². The number of hydrogen-bond donors (Lipinski definition) is 1. The Morgan fingerprint density at radius 1 is 1.23 bits per heavy atom.